The van der Waals surface area contributed by atoms with Crippen molar-refractivity contribution in [2.75, 3.05) is 6.54 Å². The Labute approximate surface area is 86.4 Å². The van der Waals surface area contributed by atoms with Gasteiger partial charge in [0, 0.05) is 12.5 Å². The molecule has 0 spiro atoms. The highest BCUT2D eigenvalue weighted by atomic mass is 16.1. The molecule has 1 aliphatic carbocycles. The lowest BCUT2D eigenvalue weighted by Crippen LogP contribution is -2.32. The molecule has 0 radical (unpaired) electrons. The molecule has 0 aliphatic heterocycles. The summed E-state index contributed by atoms with van der Waals surface area (Å²) in [7, 11) is 0. The molecule has 1 aliphatic rings. The summed E-state index contributed by atoms with van der Waals surface area (Å²) in [5.41, 5.74) is 5.49. The number of amides is 1. The number of carbonyl (C=O) groups is 1. The fourth-order valence-electron chi connectivity index (χ4n) is 1.87. The maximum atomic E-state index is 11.5. The third kappa shape index (κ3) is 4.09. The Hall–Kier alpha value is -0.570. The van der Waals surface area contributed by atoms with Gasteiger partial charge in [-0.1, -0.05) is 19.8 Å². The summed E-state index contributed by atoms with van der Waals surface area (Å²) in [4.78, 5) is 11.5. The van der Waals surface area contributed by atoms with E-state index in [0.717, 1.165) is 19.3 Å². The number of hydrogen-bond donors (Lipinski definition) is 2. The van der Waals surface area contributed by atoms with Crippen molar-refractivity contribution in [3.63, 3.8) is 0 Å². The zero-order valence-electron chi connectivity index (χ0n) is 9.09. The Morgan fingerprint density at radius 3 is 2.71 bits per heavy atom. The van der Waals surface area contributed by atoms with Gasteiger partial charge in [-0.3, -0.25) is 4.79 Å². The molecule has 0 bridgehead atoms. The molecule has 1 rings (SSSR count). The maximum absolute atomic E-state index is 11.5. The van der Waals surface area contributed by atoms with Gasteiger partial charge in [0.15, 0.2) is 0 Å². The lowest BCUT2D eigenvalue weighted by molar-refractivity contribution is -0.122. The van der Waals surface area contributed by atoms with Crippen LogP contribution >= 0.6 is 0 Å². The molecule has 1 saturated carbocycles. The van der Waals surface area contributed by atoms with Gasteiger partial charge in [0.05, 0.1) is 0 Å². The van der Waals surface area contributed by atoms with E-state index in [1.54, 1.807) is 0 Å². The highest BCUT2D eigenvalue weighted by molar-refractivity contribution is 5.76. The van der Waals surface area contributed by atoms with Crippen LogP contribution in [0.2, 0.25) is 0 Å². The van der Waals surface area contributed by atoms with Crippen LogP contribution in [0.25, 0.3) is 0 Å². The molecule has 82 valence electrons. The summed E-state index contributed by atoms with van der Waals surface area (Å²) < 4.78 is 0. The molecule has 1 atom stereocenters. The average Bonchev–Trinajstić information content (AvgIpc) is 2.66. The Balaban J connectivity index is 2.09. The average molecular weight is 198 g/mol. The summed E-state index contributed by atoms with van der Waals surface area (Å²) in [5.74, 6) is 0.668. The summed E-state index contributed by atoms with van der Waals surface area (Å²) in [6.07, 6.45) is 6.41. The number of hydrogen-bond acceptors (Lipinski definition) is 2. The highest BCUT2D eigenvalue weighted by Crippen LogP contribution is 2.17. The van der Waals surface area contributed by atoms with Crippen molar-refractivity contribution in [2.24, 2.45) is 11.7 Å². The summed E-state index contributed by atoms with van der Waals surface area (Å²) >= 11 is 0. The largest absolute Gasteiger partial charge is 0.353 e. The molecule has 3 N–H and O–H groups in total. The second-order valence-corrected chi connectivity index (χ2v) is 4.43. The molecule has 0 aromatic rings. The summed E-state index contributed by atoms with van der Waals surface area (Å²) in [6, 6.07) is 0.454. The van der Waals surface area contributed by atoms with E-state index in [4.69, 9.17) is 5.73 Å². The van der Waals surface area contributed by atoms with Gasteiger partial charge in [0.25, 0.3) is 0 Å². The monoisotopic (exact) mass is 198 g/mol. The van der Waals surface area contributed by atoms with Gasteiger partial charge in [-0.2, -0.15) is 0 Å². The van der Waals surface area contributed by atoms with Gasteiger partial charge < -0.3 is 11.1 Å². The normalized spacial score (nSPS) is 19.6. The number of carbonyl (C=O) groups excluding carboxylic acids is 1. The van der Waals surface area contributed by atoms with Crippen molar-refractivity contribution < 1.29 is 4.79 Å². The second kappa shape index (κ2) is 6.02. The van der Waals surface area contributed by atoms with Crippen molar-refractivity contribution in [1.29, 1.82) is 0 Å². The van der Waals surface area contributed by atoms with Crippen molar-refractivity contribution in [1.82, 2.24) is 5.32 Å². The van der Waals surface area contributed by atoms with E-state index < -0.39 is 0 Å². The van der Waals surface area contributed by atoms with E-state index in [2.05, 4.69) is 12.2 Å². The Morgan fingerprint density at radius 1 is 1.50 bits per heavy atom. The molecule has 0 saturated heterocycles. The first-order valence-electron chi connectivity index (χ1n) is 5.71. The first-order chi connectivity index (χ1) is 6.72. The number of nitrogens with one attached hydrogen (secondary N) is 1. The van der Waals surface area contributed by atoms with Crippen molar-refractivity contribution in [3.8, 4) is 0 Å². The van der Waals surface area contributed by atoms with E-state index in [9.17, 15) is 4.79 Å². The van der Waals surface area contributed by atoms with Crippen LogP contribution < -0.4 is 11.1 Å². The second-order valence-electron chi connectivity index (χ2n) is 4.43. The highest BCUT2D eigenvalue weighted by Gasteiger charge is 2.16. The number of nitrogens with two attached hydrogens (primary N) is 1. The Morgan fingerprint density at radius 2 is 2.14 bits per heavy atom. The van der Waals surface area contributed by atoms with E-state index in [1.165, 1.54) is 12.8 Å². The van der Waals surface area contributed by atoms with E-state index in [0.29, 0.717) is 24.9 Å². The molecule has 1 unspecified atom stereocenters. The minimum atomic E-state index is 0.206. The lowest BCUT2D eigenvalue weighted by Gasteiger charge is -2.13. The van der Waals surface area contributed by atoms with Crippen LogP contribution in [0.15, 0.2) is 0 Å². The van der Waals surface area contributed by atoms with Crippen LogP contribution in [0.1, 0.15) is 45.4 Å². The molecule has 0 heterocycles. The van der Waals surface area contributed by atoms with Crippen molar-refractivity contribution >= 4 is 5.91 Å². The molecule has 3 nitrogen and oxygen atoms in total. The van der Waals surface area contributed by atoms with Crippen LogP contribution in [0.4, 0.5) is 0 Å². The smallest absolute Gasteiger partial charge is 0.220 e. The molecular weight excluding hydrogens is 176 g/mol. The third-order valence-electron chi connectivity index (χ3n) is 2.99. The maximum Gasteiger partial charge on any atom is 0.220 e. The molecule has 0 aromatic heterocycles. The number of rotatable bonds is 5. The minimum Gasteiger partial charge on any atom is -0.353 e. The lowest BCUT2D eigenvalue weighted by atomic mass is 10.1. The predicted molar refractivity (Wildman–Crippen MR) is 57.9 cm³/mol. The SMILES string of the molecule is CC(CN)CCC(=O)NC1CCCC1. The topological polar surface area (TPSA) is 55.1 Å². The Kier molecular flexibility index (Phi) is 4.94. The molecule has 14 heavy (non-hydrogen) atoms. The zero-order valence-corrected chi connectivity index (χ0v) is 9.09. The van der Waals surface area contributed by atoms with E-state index >= 15 is 0 Å². The van der Waals surface area contributed by atoms with E-state index in [-0.39, 0.29) is 5.91 Å². The van der Waals surface area contributed by atoms with Crippen LogP contribution in [0.5, 0.6) is 0 Å². The fourth-order valence-corrected chi connectivity index (χ4v) is 1.87. The molecule has 0 aromatic carbocycles. The van der Waals surface area contributed by atoms with Crippen molar-refractivity contribution in [2.45, 2.75) is 51.5 Å². The van der Waals surface area contributed by atoms with Gasteiger partial charge in [-0.05, 0) is 31.7 Å². The van der Waals surface area contributed by atoms with Gasteiger partial charge in [-0.15, -0.1) is 0 Å². The van der Waals surface area contributed by atoms with Crippen LogP contribution in [0.3, 0.4) is 0 Å². The van der Waals surface area contributed by atoms with Gasteiger partial charge in [0.2, 0.25) is 5.91 Å². The van der Waals surface area contributed by atoms with Crippen molar-refractivity contribution in [3.05, 3.63) is 0 Å². The van der Waals surface area contributed by atoms with E-state index in [1.807, 2.05) is 0 Å². The fraction of sp³-hybridized carbons (Fsp3) is 0.909. The minimum absolute atomic E-state index is 0.206. The first-order valence-corrected chi connectivity index (χ1v) is 5.71. The first kappa shape index (κ1) is 11.5. The van der Waals surface area contributed by atoms with Gasteiger partial charge in [-0.25, -0.2) is 0 Å². The van der Waals surface area contributed by atoms with Crippen LogP contribution in [-0.2, 0) is 4.79 Å². The quantitative estimate of drug-likeness (QED) is 0.702. The van der Waals surface area contributed by atoms with Crippen LogP contribution in [-0.4, -0.2) is 18.5 Å². The molecule has 1 fully saturated rings. The third-order valence-corrected chi connectivity index (χ3v) is 2.99. The zero-order chi connectivity index (χ0) is 10.4. The molecule has 3 heteroatoms. The summed E-state index contributed by atoms with van der Waals surface area (Å²) in [6.45, 7) is 2.76. The Bertz CT molecular complexity index is 176. The standard InChI is InChI=1S/C11H22N2O/c1-9(8-12)6-7-11(14)13-10-4-2-3-5-10/h9-10H,2-8,12H2,1H3,(H,13,14). The van der Waals surface area contributed by atoms with Gasteiger partial charge in [0.1, 0.15) is 0 Å². The molecule has 1 amide bonds. The van der Waals surface area contributed by atoms with Crippen LogP contribution in [0, 0.1) is 5.92 Å². The summed E-state index contributed by atoms with van der Waals surface area (Å²) in [5, 5.41) is 3.08. The predicted octanol–water partition coefficient (Wildman–Crippen LogP) is 1.42. The van der Waals surface area contributed by atoms with Gasteiger partial charge >= 0.3 is 0 Å². The molecular formula is C11H22N2O.